The number of aromatic amines is 1. The lowest BCUT2D eigenvalue weighted by molar-refractivity contribution is 0.405. The smallest absolute Gasteiger partial charge is 0.293 e. The highest BCUT2D eigenvalue weighted by Crippen LogP contribution is 1.97. The van der Waals surface area contributed by atoms with Crippen LogP contribution in [0.25, 0.3) is 0 Å². The molecule has 0 unspecified atom stereocenters. The largest absolute Gasteiger partial charge is 0.490 e. The van der Waals surface area contributed by atoms with Gasteiger partial charge < -0.3 is 9.72 Å². The molecule has 0 aliphatic heterocycles. The first kappa shape index (κ1) is 11.7. The summed E-state index contributed by atoms with van der Waals surface area (Å²) in [6, 6.07) is 0. The first-order chi connectivity index (χ1) is 6.27. The molecular weight excluding hydrogens is 168 g/mol. The SMILES string of the molecule is CC.CCc1ncc(OC)c(=O)[nH]1. The summed E-state index contributed by atoms with van der Waals surface area (Å²) in [5.74, 6) is 0.929. The van der Waals surface area contributed by atoms with E-state index in [0.717, 1.165) is 6.42 Å². The number of nitrogens with zero attached hydrogens (tertiary/aromatic N) is 1. The Bertz CT molecular complexity index is 294. The van der Waals surface area contributed by atoms with Crippen LogP contribution in [-0.2, 0) is 6.42 Å². The van der Waals surface area contributed by atoms with E-state index in [1.165, 1.54) is 13.3 Å². The van der Waals surface area contributed by atoms with Crippen LogP contribution >= 0.6 is 0 Å². The van der Waals surface area contributed by atoms with E-state index in [1.807, 2.05) is 20.8 Å². The van der Waals surface area contributed by atoms with E-state index in [-0.39, 0.29) is 11.3 Å². The molecule has 0 saturated heterocycles. The molecule has 1 rings (SSSR count). The first-order valence-electron chi connectivity index (χ1n) is 4.40. The molecule has 0 aliphatic carbocycles. The number of aryl methyl sites for hydroxylation is 1. The predicted octanol–water partition coefficient (Wildman–Crippen LogP) is 1.37. The summed E-state index contributed by atoms with van der Waals surface area (Å²) >= 11 is 0. The van der Waals surface area contributed by atoms with Crippen molar-refractivity contribution in [2.45, 2.75) is 27.2 Å². The van der Waals surface area contributed by atoms with E-state index in [0.29, 0.717) is 5.82 Å². The molecule has 1 N–H and O–H groups in total. The Kier molecular flexibility index (Phi) is 5.59. The van der Waals surface area contributed by atoms with Crippen LogP contribution in [0, 0.1) is 0 Å². The molecule has 4 nitrogen and oxygen atoms in total. The number of ether oxygens (including phenoxy) is 1. The fourth-order valence-corrected chi connectivity index (χ4v) is 0.745. The van der Waals surface area contributed by atoms with Gasteiger partial charge in [-0.15, -0.1) is 0 Å². The Morgan fingerprint density at radius 1 is 1.54 bits per heavy atom. The maximum absolute atomic E-state index is 11.0. The van der Waals surface area contributed by atoms with Gasteiger partial charge >= 0.3 is 0 Å². The third-order valence-electron chi connectivity index (χ3n) is 1.37. The van der Waals surface area contributed by atoms with E-state index >= 15 is 0 Å². The van der Waals surface area contributed by atoms with Crippen LogP contribution in [0.4, 0.5) is 0 Å². The van der Waals surface area contributed by atoms with Gasteiger partial charge in [0.25, 0.3) is 5.56 Å². The number of hydrogen-bond donors (Lipinski definition) is 1. The molecule has 0 aromatic carbocycles. The molecule has 74 valence electrons. The van der Waals surface area contributed by atoms with Crippen LogP contribution in [-0.4, -0.2) is 17.1 Å². The highest BCUT2D eigenvalue weighted by Gasteiger charge is 1.98. The number of aromatic nitrogens is 2. The van der Waals surface area contributed by atoms with Gasteiger partial charge in [-0.05, 0) is 0 Å². The molecule has 13 heavy (non-hydrogen) atoms. The molecule has 0 fully saturated rings. The van der Waals surface area contributed by atoms with Crippen molar-refractivity contribution in [3.8, 4) is 5.75 Å². The number of H-pyrrole nitrogens is 1. The monoisotopic (exact) mass is 184 g/mol. The average Bonchev–Trinajstić information content (AvgIpc) is 2.20. The van der Waals surface area contributed by atoms with Gasteiger partial charge in [0.15, 0.2) is 0 Å². The molecule has 1 heterocycles. The summed E-state index contributed by atoms with van der Waals surface area (Å²) in [4.78, 5) is 17.5. The highest BCUT2D eigenvalue weighted by atomic mass is 16.5. The van der Waals surface area contributed by atoms with Gasteiger partial charge in [-0.3, -0.25) is 4.79 Å². The van der Waals surface area contributed by atoms with Crippen molar-refractivity contribution in [3.05, 3.63) is 22.4 Å². The number of hydrogen-bond acceptors (Lipinski definition) is 3. The minimum Gasteiger partial charge on any atom is -0.490 e. The predicted molar refractivity (Wildman–Crippen MR) is 52.1 cm³/mol. The number of nitrogens with one attached hydrogen (secondary N) is 1. The van der Waals surface area contributed by atoms with Crippen LogP contribution in [0.3, 0.4) is 0 Å². The van der Waals surface area contributed by atoms with E-state index in [4.69, 9.17) is 4.74 Å². The minimum atomic E-state index is -0.223. The lowest BCUT2D eigenvalue weighted by Crippen LogP contribution is -2.12. The molecule has 0 spiro atoms. The zero-order valence-corrected chi connectivity index (χ0v) is 8.55. The van der Waals surface area contributed by atoms with Crippen molar-refractivity contribution in [1.29, 1.82) is 0 Å². The number of methoxy groups -OCH3 is 1. The van der Waals surface area contributed by atoms with Crippen molar-refractivity contribution in [3.63, 3.8) is 0 Å². The lowest BCUT2D eigenvalue weighted by atomic mass is 10.4. The topological polar surface area (TPSA) is 55.0 Å². The standard InChI is InChI=1S/C7H10N2O2.C2H6/c1-3-6-8-4-5(11-2)7(10)9-6;1-2/h4H,3H2,1-2H3,(H,8,9,10);1-2H3. The van der Waals surface area contributed by atoms with E-state index in [1.54, 1.807) is 0 Å². The van der Waals surface area contributed by atoms with Gasteiger partial charge in [-0.1, -0.05) is 20.8 Å². The van der Waals surface area contributed by atoms with Crippen LogP contribution in [0.5, 0.6) is 5.75 Å². The van der Waals surface area contributed by atoms with Gasteiger partial charge in [0.2, 0.25) is 5.75 Å². The Morgan fingerprint density at radius 3 is 2.54 bits per heavy atom. The fourth-order valence-electron chi connectivity index (χ4n) is 0.745. The molecule has 1 aromatic rings. The average molecular weight is 184 g/mol. The minimum absolute atomic E-state index is 0.223. The van der Waals surface area contributed by atoms with Crippen LogP contribution in [0.1, 0.15) is 26.6 Å². The highest BCUT2D eigenvalue weighted by molar-refractivity contribution is 5.12. The van der Waals surface area contributed by atoms with Crippen LogP contribution in [0.2, 0.25) is 0 Å². The van der Waals surface area contributed by atoms with Gasteiger partial charge in [-0.2, -0.15) is 0 Å². The maximum atomic E-state index is 11.0. The van der Waals surface area contributed by atoms with Gasteiger partial charge in [0, 0.05) is 6.42 Å². The molecule has 4 heteroatoms. The Balaban J connectivity index is 0.000000671. The zero-order valence-electron chi connectivity index (χ0n) is 8.55. The molecule has 0 amide bonds. The second-order valence-electron chi connectivity index (χ2n) is 2.08. The third-order valence-corrected chi connectivity index (χ3v) is 1.37. The Labute approximate surface area is 78.0 Å². The van der Waals surface area contributed by atoms with Crippen LogP contribution < -0.4 is 10.3 Å². The fraction of sp³-hybridized carbons (Fsp3) is 0.556. The maximum Gasteiger partial charge on any atom is 0.293 e. The van der Waals surface area contributed by atoms with Crippen LogP contribution in [0.15, 0.2) is 11.0 Å². The molecule has 0 radical (unpaired) electrons. The van der Waals surface area contributed by atoms with E-state index in [2.05, 4.69) is 9.97 Å². The molecular formula is C9H16N2O2. The summed E-state index contributed by atoms with van der Waals surface area (Å²) in [6.07, 6.45) is 2.15. The molecule has 0 bridgehead atoms. The second-order valence-corrected chi connectivity index (χ2v) is 2.08. The Morgan fingerprint density at radius 2 is 2.15 bits per heavy atom. The molecule has 0 saturated carbocycles. The number of rotatable bonds is 2. The van der Waals surface area contributed by atoms with Gasteiger partial charge in [0.05, 0.1) is 13.3 Å². The quantitative estimate of drug-likeness (QED) is 0.755. The van der Waals surface area contributed by atoms with Gasteiger partial charge in [-0.25, -0.2) is 4.98 Å². The van der Waals surface area contributed by atoms with E-state index in [9.17, 15) is 4.79 Å². The summed E-state index contributed by atoms with van der Waals surface area (Å²) in [6.45, 7) is 5.92. The zero-order chi connectivity index (χ0) is 10.3. The molecule has 0 atom stereocenters. The van der Waals surface area contributed by atoms with Crippen molar-refractivity contribution in [1.82, 2.24) is 9.97 Å². The Hall–Kier alpha value is -1.32. The third kappa shape index (κ3) is 3.27. The normalized spacial score (nSPS) is 8.62. The molecule has 1 aromatic heterocycles. The van der Waals surface area contributed by atoms with E-state index < -0.39 is 0 Å². The van der Waals surface area contributed by atoms with Crippen molar-refractivity contribution in [2.75, 3.05) is 7.11 Å². The lowest BCUT2D eigenvalue weighted by Gasteiger charge is -1.98. The van der Waals surface area contributed by atoms with Crippen molar-refractivity contribution < 1.29 is 4.74 Å². The van der Waals surface area contributed by atoms with Crippen molar-refractivity contribution in [2.24, 2.45) is 0 Å². The summed E-state index contributed by atoms with van der Waals surface area (Å²) in [7, 11) is 1.44. The summed E-state index contributed by atoms with van der Waals surface area (Å²) < 4.78 is 4.74. The van der Waals surface area contributed by atoms with Crippen molar-refractivity contribution >= 4 is 0 Å². The summed E-state index contributed by atoms with van der Waals surface area (Å²) in [5, 5.41) is 0. The molecule has 0 aliphatic rings. The first-order valence-corrected chi connectivity index (χ1v) is 4.40. The second kappa shape index (κ2) is 6.22. The summed E-state index contributed by atoms with van der Waals surface area (Å²) in [5.41, 5.74) is -0.223. The van der Waals surface area contributed by atoms with Gasteiger partial charge in [0.1, 0.15) is 5.82 Å².